The highest BCUT2D eigenvalue weighted by Gasteiger charge is 2.24. The Bertz CT molecular complexity index is 857. The summed E-state index contributed by atoms with van der Waals surface area (Å²) >= 11 is 1.41. The smallest absolute Gasteiger partial charge is 0.233 e. The molecule has 1 aromatic heterocycles. The molecule has 162 valence electrons. The summed E-state index contributed by atoms with van der Waals surface area (Å²) in [5.41, 5.74) is 1.01. The first-order valence-electron chi connectivity index (χ1n) is 10.2. The molecular weight excluding hydrogens is 402 g/mol. The third-order valence-corrected chi connectivity index (χ3v) is 6.29. The van der Waals surface area contributed by atoms with Gasteiger partial charge in [-0.25, -0.2) is 0 Å². The van der Waals surface area contributed by atoms with Crippen molar-refractivity contribution in [2.45, 2.75) is 37.4 Å². The van der Waals surface area contributed by atoms with Gasteiger partial charge < -0.3 is 19.5 Å². The lowest BCUT2D eigenvalue weighted by molar-refractivity contribution is -0.130. The van der Waals surface area contributed by atoms with E-state index in [9.17, 15) is 9.59 Å². The molecular formula is C21H29N5O3S. The zero-order valence-electron chi connectivity index (χ0n) is 17.5. The van der Waals surface area contributed by atoms with Gasteiger partial charge in [0, 0.05) is 33.1 Å². The number of ether oxygens (including phenoxy) is 1. The number of nitrogens with zero attached hydrogens (tertiary/aromatic N) is 4. The van der Waals surface area contributed by atoms with Crippen molar-refractivity contribution in [2.75, 3.05) is 26.0 Å². The van der Waals surface area contributed by atoms with Gasteiger partial charge in [0.2, 0.25) is 11.8 Å². The van der Waals surface area contributed by atoms with Crippen LogP contribution >= 0.6 is 11.8 Å². The Kier molecular flexibility index (Phi) is 8.12. The van der Waals surface area contributed by atoms with Crippen LogP contribution in [0.4, 0.5) is 0 Å². The van der Waals surface area contributed by atoms with Crippen molar-refractivity contribution in [1.29, 1.82) is 0 Å². The fourth-order valence-electron chi connectivity index (χ4n) is 3.55. The quantitative estimate of drug-likeness (QED) is 0.613. The lowest BCUT2D eigenvalue weighted by Gasteiger charge is -2.32. The number of methoxy groups -OCH3 is 1. The van der Waals surface area contributed by atoms with E-state index in [4.69, 9.17) is 4.74 Å². The van der Waals surface area contributed by atoms with E-state index in [0.717, 1.165) is 48.8 Å². The summed E-state index contributed by atoms with van der Waals surface area (Å²) in [7, 11) is 3.49. The summed E-state index contributed by atoms with van der Waals surface area (Å²) in [6.45, 7) is 2.00. The van der Waals surface area contributed by atoms with Crippen molar-refractivity contribution in [2.24, 2.45) is 13.0 Å². The van der Waals surface area contributed by atoms with Gasteiger partial charge in [-0.15, -0.1) is 10.2 Å². The van der Waals surface area contributed by atoms with Crippen molar-refractivity contribution in [1.82, 2.24) is 25.0 Å². The molecule has 0 bridgehead atoms. The van der Waals surface area contributed by atoms with Crippen LogP contribution in [0.3, 0.4) is 0 Å². The van der Waals surface area contributed by atoms with Gasteiger partial charge in [-0.1, -0.05) is 23.9 Å². The fraction of sp³-hybridized carbons (Fsp3) is 0.524. The SMILES string of the molecule is COc1cccc(CNC(=O)CCC2CCCN(C(=O)CSc3nncn3C)C2)c1. The van der Waals surface area contributed by atoms with Crippen molar-refractivity contribution in [3.63, 3.8) is 0 Å². The molecule has 30 heavy (non-hydrogen) atoms. The Balaban J connectivity index is 1.38. The van der Waals surface area contributed by atoms with Crippen LogP contribution in [0, 0.1) is 5.92 Å². The number of amides is 2. The largest absolute Gasteiger partial charge is 0.497 e. The number of thioether (sulfide) groups is 1. The first-order chi connectivity index (χ1) is 14.5. The number of rotatable bonds is 9. The van der Waals surface area contributed by atoms with Crippen LogP contribution in [0.25, 0.3) is 0 Å². The Morgan fingerprint density at radius 1 is 1.37 bits per heavy atom. The second-order valence-electron chi connectivity index (χ2n) is 7.53. The molecule has 2 aromatic rings. The summed E-state index contributed by atoms with van der Waals surface area (Å²) in [6, 6.07) is 7.68. The molecule has 1 atom stereocenters. The highest BCUT2D eigenvalue weighted by Crippen LogP contribution is 2.23. The molecule has 0 saturated carbocycles. The normalized spacial score (nSPS) is 16.3. The van der Waals surface area contributed by atoms with Crippen LogP contribution in [-0.4, -0.2) is 57.4 Å². The van der Waals surface area contributed by atoms with Crippen molar-refractivity contribution >= 4 is 23.6 Å². The van der Waals surface area contributed by atoms with E-state index < -0.39 is 0 Å². The number of aromatic nitrogens is 3. The lowest BCUT2D eigenvalue weighted by atomic mass is 9.93. The second kappa shape index (κ2) is 11.0. The molecule has 1 fully saturated rings. The standard InChI is InChI=1S/C21H29N5O3S/c1-25-15-23-24-21(25)30-14-20(28)26-10-4-6-16(13-26)8-9-19(27)22-12-17-5-3-7-18(11-17)29-2/h3,5,7,11,15-16H,4,6,8-10,12-14H2,1-2H3,(H,22,27). The maximum absolute atomic E-state index is 12.6. The maximum Gasteiger partial charge on any atom is 0.233 e. The molecule has 1 saturated heterocycles. The maximum atomic E-state index is 12.6. The third kappa shape index (κ3) is 6.48. The number of hydrogen-bond donors (Lipinski definition) is 1. The van der Waals surface area contributed by atoms with E-state index in [-0.39, 0.29) is 11.8 Å². The predicted octanol–water partition coefficient (Wildman–Crippen LogP) is 2.25. The molecule has 8 nitrogen and oxygen atoms in total. The van der Waals surface area contributed by atoms with Crippen molar-refractivity contribution < 1.29 is 14.3 Å². The van der Waals surface area contributed by atoms with E-state index in [2.05, 4.69) is 15.5 Å². The van der Waals surface area contributed by atoms with Crippen LogP contribution < -0.4 is 10.1 Å². The number of nitrogens with one attached hydrogen (secondary N) is 1. The van der Waals surface area contributed by atoms with Gasteiger partial charge in [-0.2, -0.15) is 0 Å². The topological polar surface area (TPSA) is 89.3 Å². The molecule has 0 radical (unpaired) electrons. The van der Waals surface area contributed by atoms with Gasteiger partial charge in [0.15, 0.2) is 5.16 Å². The van der Waals surface area contributed by atoms with Crippen LogP contribution in [0.15, 0.2) is 35.7 Å². The molecule has 1 aliphatic rings. The first kappa shape index (κ1) is 22.1. The number of carbonyl (C=O) groups excluding carboxylic acids is 2. The Hall–Kier alpha value is -2.55. The highest BCUT2D eigenvalue weighted by molar-refractivity contribution is 7.99. The second-order valence-corrected chi connectivity index (χ2v) is 8.47. The summed E-state index contributed by atoms with van der Waals surface area (Å²) in [6.07, 6.45) is 4.94. The number of likely N-dealkylation sites (tertiary alicyclic amines) is 1. The van der Waals surface area contributed by atoms with Crippen LogP contribution in [0.5, 0.6) is 5.75 Å². The average Bonchev–Trinajstić information content (AvgIpc) is 3.19. The Labute approximate surface area is 181 Å². The average molecular weight is 432 g/mol. The Morgan fingerprint density at radius 3 is 3.00 bits per heavy atom. The zero-order valence-corrected chi connectivity index (χ0v) is 18.4. The summed E-state index contributed by atoms with van der Waals surface area (Å²) < 4.78 is 7.01. The van der Waals surface area contributed by atoms with Crippen molar-refractivity contribution in [3.05, 3.63) is 36.2 Å². The van der Waals surface area contributed by atoms with E-state index in [0.29, 0.717) is 24.6 Å². The minimum absolute atomic E-state index is 0.0408. The molecule has 1 N–H and O–H groups in total. The van der Waals surface area contributed by atoms with E-state index in [1.165, 1.54) is 11.8 Å². The summed E-state index contributed by atoms with van der Waals surface area (Å²) in [5, 5.41) is 11.5. The fourth-order valence-corrected chi connectivity index (χ4v) is 4.35. The van der Waals surface area contributed by atoms with Gasteiger partial charge in [-0.3, -0.25) is 9.59 Å². The number of carbonyl (C=O) groups is 2. The number of hydrogen-bond acceptors (Lipinski definition) is 6. The zero-order chi connectivity index (χ0) is 21.3. The van der Waals surface area contributed by atoms with Crippen LogP contribution in [0.2, 0.25) is 0 Å². The molecule has 0 aliphatic carbocycles. The molecule has 0 spiro atoms. The lowest BCUT2D eigenvalue weighted by Crippen LogP contribution is -2.41. The van der Waals surface area contributed by atoms with Gasteiger partial charge in [-0.05, 0) is 42.9 Å². The molecule has 2 heterocycles. The first-order valence-corrected chi connectivity index (χ1v) is 11.2. The summed E-state index contributed by atoms with van der Waals surface area (Å²) in [5.74, 6) is 1.67. The number of benzene rings is 1. The minimum atomic E-state index is 0.0408. The van der Waals surface area contributed by atoms with E-state index in [1.54, 1.807) is 18.0 Å². The molecule has 2 amide bonds. The Morgan fingerprint density at radius 2 is 2.23 bits per heavy atom. The monoisotopic (exact) mass is 431 g/mol. The summed E-state index contributed by atoms with van der Waals surface area (Å²) in [4.78, 5) is 26.7. The number of piperidine rings is 1. The molecule has 3 rings (SSSR count). The van der Waals surface area contributed by atoms with Gasteiger partial charge in [0.1, 0.15) is 12.1 Å². The van der Waals surface area contributed by atoms with Crippen molar-refractivity contribution in [3.8, 4) is 5.75 Å². The van der Waals surface area contributed by atoms with Gasteiger partial charge in [0.05, 0.1) is 12.9 Å². The van der Waals surface area contributed by atoms with E-state index >= 15 is 0 Å². The van der Waals surface area contributed by atoms with Gasteiger partial charge in [0.25, 0.3) is 0 Å². The molecule has 9 heteroatoms. The molecule has 1 aromatic carbocycles. The van der Waals surface area contributed by atoms with Crippen LogP contribution in [0.1, 0.15) is 31.2 Å². The number of aryl methyl sites for hydroxylation is 1. The predicted molar refractivity (Wildman–Crippen MR) is 115 cm³/mol. The molecule has 1 unspecified atom stereocenters. The molecule has 1 aliphatic heterocycles. The van der Waals surface area contributed by atoms with Crippen LogP contribution in [-0.2, 0) is 23.2 Å². The minimum Gasteiger partial charge on any atom is -0.497 e. The third-order valence-electron chi connectivity index (χ3n) is 5.27. The van der Waals surface area contributed by atoms with Gasteiger partial charge >= 0.3 is 0 Å². The van der Waals surface area contributed by atoms with E-state index in [1.807, 2.05) is 36.2 Å². The highest BCUT2D eigenvalue weighted by atomic mass is 32.2.